The van der Waals surface area contributed by atoms with Crippen LogP contribution in [0.4, 0.5) is 0 Å². The molecule has 13 heavy (non-hydrogen) atoms. The fraction of sp³-hybridized carbons (Fsp3) is 1.00. The Bertz CT molecular complexity index is 127. The molecule has 0 amide bonds. The van der Waals surface area contributed by atoms with Gasteiger partial charge in [-0.25, -0.2) is 0 Å². The van der Waals surface area contributed by atoms with Gasteiger partial charge in [0.1, 0.15) is 0 Å². The van der Waals surface area contributed by atoms with Crippen molar-refractivity contribution in [3.05, 3.63) is 0 Å². The van der Waals surface area contributed by atoms with E-state index >= 15 is 0 Å². The topological polar surface area (TPSA) is 3.24 Å². The second-order valence-electron chi connectivity index (χ2n) is 4.59. The van der Waals surface area contributed by atoms with Crippen LogP contribution in [-0.4, -0.2) is 24.0 Å². The van der Waals surface area contributed by atoms with E-state index < -0.39 is 0 Å². The van der Waals surface area contributed by atoms with Crippen molar-refractivity contribution in [1.29, 1.82) is 0 Å². The maximum atomic E-state index is 2.61. The Morgan fingerprint density at radius 3 is 2.38 bits per heavy atom. The van der Waals surface area contributed by atoms with Crippen LogP contribution in [0.1, 0.15) is 58.8 Å². The van der Waals surface area contributed by atoms with Gasteiger partial charge in [-0.3, -0.25) is 0 Å². The molecule has 1 saturated carbocycles. The van der Waals surface area contributed by atoms with E-state index in [4.69, 9.17) is 0 Å². The third-order valence-electron chi connectivity index (χ3n) is 3.55. The average molecular weight is 183 g/mol. The van der Waals surface area contributed by atoms with E-state index in [1.54, 1.807) is 0 Å². The third kappa shape index (κ3) is 3.30. The molecule has 0 aromatic carbocycles. The summed E-state index contributed by atoms with van der Waals surface area (Å²) < 4.78 is 0. The summed E-state index contributed by atoms with van der Waals surface area (Å²) in [7, 11) is 2.32. The molecule has 1 atom stereocenters. The molecule has 0 N–H and O–H groups in total. The standard InChI is InChI=1S/C12H25N/c1-4-8-11(2)13(3)12-9-6-5-7-10-12/h11-12H,4-10H2,1-3H3. The first kappa shape index (κ1) is 11.0. The zero-order chi connectivity index (χ0) is 9.68. The Labute approximate surface area is 83.5 Å². The van der Waals surface area contributed by atoms with Crippen molar-refractivity contribution >= 4 is 0 Å². The van der Waals surface area contributed by atoms with Crippen molar-refractivity contribution in [1.82, 2.24) is 4.90 Å². The van der Waals surface area contributed by atoms with Crippen molar-refractivity contribution in [2.24, 2.45) is 0 Å². The van der Waals surface area contributed by atoms with Crippen LogP contribution in [0, 0.1) is 0 Å². The molecule has 0 bridgehead atoms. The summed E-state index contributed by atoms with van der Waals surface area (Å²) >= 11 is 0. The zero-order valence-corrected chi connectivity index (χ0v) is 9.55. The van der Waals surface area contributed by atoms with Gasteiger partial charge in [-0.2, -0.15) is 0 Å². The first-order chi connectivity index (χ1) is 6.25. The lowest BCUT2D eigenvalue weighted by Crippen LogP contribution is -2.39. The molecule has 1 rings (SSSR count). The van der Waals surface area contributed by atoms with E-state index in [0.717, 1.165) is 12.1 Å². The van der Waals surface area contributed by atoms with Gasteiger partial charge in [0, 0.05) is 12.1 Å². The highest BCUT2D eigenvalue weighted by atomic mass is 15.2. The first-order valence-electron chi connectivity index (χ1n) is 5.97. The van der Waals surface area contributed by atoms with Crippen LogP contribution < -0.4 is 0 Å². The van der Waals surface area contributed by atoms with Gasteiger partial charge in [-0.05, 0) is 33.2 Å². The van der Waals surface area contributed by atoms with E-state index in [-0.39, 0.29) is 0 Å². The zero-order valence-electron chi connectivity index (χ0n) is 9.55. The molecule has 0 aromatic rings. The van der Waals surface area contributed by atoms with E-state index in [2.05, 4.69) is 25.8 Å². The minimum atomic E-state index is 0.785. The average Bonchev–Trinajstić information content (AvgIpc) is 2.18. The van der Waals surface area contributed by atoms with Crippen LogP contribution >= 0.6 is 0 Å². The van der Waals surface area contributed by atoms with Crippen molar-refractivity contribution in [2.75, 3.05) is 7.05 Å². The fourth-order valence-electron chi connectivity index (χ4n) is 2.47. The highest BCUT2D eigenvalue weighted by Gasteiger charge is 2.20. The van der Waals surface area contributed by atoms with Gasteiger partial charge in [0.15, 0.2) is 0 Å². The highest BCUT2D eigenvalue weighted by Crippen LogP contribution is 2.23. The molecule has 0 aromatic heterocycles. The summed E-state index contributed by atoms with van der Waals surface area (Å²) in [6.07, 6.45) is 9.91. The van der Waals surface area contributed by atoms with Gasteiger partial charge in [0.25, 0.3) is 0 Å². The summed E-state index contributed by atoms with van der Waals surface area (Å²) in [4.78, 5) is 2.61. The normalized spacial score (nSPS) is 22.2. The first-order valence-corrected chi connectivity index (χ1v) is 5.97. The monoisotopic (exact) mass is 183 g/mol. The smallest absolute Gasteiger partial charge is 0.00950 e. The van der Waals surface area contributed by atoms with E-state index in [9.17, 15) is 0 Å². The van der Waals surface area contributed by atoms with E-state index in [1.807, 2.05) is 0 Å². The third-order valence-corrected chi connectivity index (χ3v) is 3.55. The highest BCUT2D eigenvalue weighted by molar-refractivity contribution is 4.76. The maximum Gasteiger partial charge on any atom is 0.00950 e. The number of hydrogen-bond acceptors (Lipinski definition) is 1. The molecule has 1 aliphatic rings. The summed E-state index contributed by atoms with van der Waals surface area (Å²) in [5.74, 6) is 0. The van der Waals surface area contributed by atoms with Crippen LogP contribution in [0.2, 0.25) is 0 Å². The molecular formula is C12H25N. The van der Waals surface area contributed by atoms with Gasteiger partial charge in [-0.15, -0.1) is 0 Å². The van der Waals surface area contributed by atoms with Crippen LogP contribution in [0.25, 0.3) is 0 Å². The van der Waals surface area contributed by atoms with Crippen LogP contribution in [-0.2, 0) is 0 Å². The molecular weight excluding hydrogens is 158 g/mol. The lowest BCUT2D eigenvalue weighted by molar-refractivity contribution is 0.140. The summed E-state index contributed by atoms with van der Waals surface area (Å²) in [6.45, 7) is 4.66. The Kier molecular flexibility index (Phi) is 4.79. The number of nitrogens with zero attached hydrogens (tertiary/aromatic N) is 1. The SMILES string of the molecule is CCCC(C)N(C)C1CCCCC1. The second-order valence-corrected chi connectivity index (χ2v) is 4.59. The molecule has 1 aliphatic carbocycles. The molecule has 0 radical (unpaired) electrons. The van der Waals surface area contributed by atoms with Gasteiger partial charge >= 0.3 is 0 Å². The second kappa shape index (κ2) is 5.64. The molecule has 1 nitrogen and oxygen atoms in total. The maximum absolute atomic E-state index is 2.61. The van der Waals surface area contributed by atoms with Gasteiger partial charge < -0.3 is 4.90 Å². The number of rotatable bonds is 4. The molecule has 0 saturated heterocycles. The molecule has 0 aliphatic heterocycles. The Hall–Kier alpha value is -0.0400. The van der Waals surface area contributed by atoms with Crippen molar-refractivity contribution in [2.45, 2.75) is 70.9 Å². The fourth-order valence-corrected chi connectivity index (χ4v) is 2.47. The summed E-state index contributed by atoms with van der Waals surface area (Å²) in [5, 5.41) is 0. The summed E-state index contributed by atoms with van der Waals surface area (Å²) in [6, 6.07) is 1.67. The van der Waals surface area contributed by atoms with Crippen molar-refractivity contribution in [3.63, 3.8) is 0 Å². The van der Waals surface area contributed by atoms with Gasteiger partial charge in [0.2, 0.25) is 0 Å². The van der Waals surface area contributed by atoms with E-state index in [0.29, 0.717) is 0 Å². The molecule has 1 unspecified atom stereocenters. The molecule has 0 spiro atoms. The van der Waals surface area contributed by atoms with Crippen LogP contribution in [0.3, 0.4) is 0 Å². The van der Waals surface area contributed by atoms with Crippen molar-refractivity contribution < 1.29 is 0 Å². The minimum absolute atomic E-state index is 0.785. The molecule has 0 heterocycles. The quantitative estimate of drug-likeness (QED) is 0.645. The lowest BCUT2D eigenvalue weighted by Gasteiger charge is -2.35. The minimum Gasteiger partial charge on any atom is -0.301 e. The molecule has 78 valence electrons. The van der Waals surface area contributed by atoms with Crippen molar-refractivity contribution in [3.8, 4) is 0 Å². The van der Waals surface area contributed by atoms with Crippen LogP contribution in [0.5, 0.6) is 0 Å². The summed E-state index contributed by atoms with van der Waals surface area (Å²) in [5.41, 5.74) is 0. The Balaban J connectivity index is 2.31. The van der Waals surface area contributed by atoms with Gasteiger partial charge in [0.05, 0.1) is 0 Å². The number of hydrogen-bond donors (Lipinski definition) is 0. The molecule has 1 heteroatoms. The van der Waals surface area contributed by atoms with E-state index in [1.165, 1.54) is 44.9 Å². The lowest BCUT2D eigenvalue weighted by atomic mass is 9.93. The van der Waals surface area contributed by atoms with Gasteiger partial charge in [-0.1, -0.05) is 32.6 Å². The Morgan fingerprint density at radius 1 is 1.23 bits per heavy atom. The predicted octanol–water partition coefficient (Wildman–Crippen LogP) is 3.44. The Morgan fingerprint density at radius 2 is 1.85 bits per heavy atom. The molecule has 1 fully saturated rings. The van der Waals surface area contributed by atoms with Crippen LogP contribution in [0.15, 0.2) is 0 Å². The largest absolute Gasteiger partial charge is 0.301 e. The predicted molar refractivity (Wildman–Crippen MR) is 59.0 cm³/mol.